The van der Waals surface area contributed by atoms with Crippen molar-refractivity contribution in [2.75, 3.05) is 31.6 Å². The second-order valence-corrected chi connectivity index (χ2v) is 13.8. The molecule has 1 N–H and O–H groups in total. The zero-order valence-corrected chi connectivity index (χ0v) is 29.9. The second-order valence-electron chi connectivity index (χ2n) is 11.4. The molecule has 18 heteroatoms. The first-order valence-corrected chi connectivity index (χ1v) is 19.0. The van der Waals surface area contributed by atoms with Crippen molar-refractivity contribution < 1.29 is 41.0 Å². The zero-order valence-electron chi connectivity index (χ0n) is 26.0. The van der Waals surface area contributed by atoms with Crippen molar-refractivity contribution in [2.45, 2.75) is 52.1 Å². The molecule has 2 aromatic heterocycles. The summed E-state index contributed by atoms with van der Waals surface area (Å²) < 4.78 is 82.7. The molecule has 48 heavy (non-hydrogen) atoms. The summed E-state index contributed by atoms with van der Waals surface area (Å²) in [4.78, 5) is 22.4. The van der Waals surface area contributed by atoms with Gasteiger partial charge in [0, 0.05) is 49.1 Å². The molecule has 0 bridgehead atoms. The minimum absolute atomic E-state index is 0.0711. The van der Waals surface area contributed by atoms with Gasteiger partial charge < -0.3 is 24.4 Å². The maximum absolute atomic E-state index is 14.3. The Morgan fingerprint density at radius 2 is 1.83 bits per heavy atom. The normalized spacial score (nSPS) is 12.2. The SMILES string of the molecule is CC(C)(C)OC(=O)N(CCCCOCCNc1cc(-c2ccnc(Cl)n2)cc2c1cnn2PI)Cc1cc(F)c(OC(F)(F)F)c(F)c1. The van der Waals surface area contributed by atoms with Gasteiger partial charge >= 0.3 is 12.5 Å². The van der Waals surface area contributed by atoms with Crippen molar-refractivity contribution in [3.05, 3.63) is 65.2 Å². The van der Waals surface area contributed by atoms with Crippen molar-refractivity contribution in [3.8, 4) is 17.0 Å². The Balaban J connectivity index is 1.31. The number of unbranched alkanes of at least 4 members (excludes halogenated alkanes) is 1. The van der Waals surface area contributed by atoms with E-state index >= 15 is 0 Å². The van der Waals surface area contributed by atoms with Crippen LogP contribution in [-0.4, -0.2) is 68.8 Å². The molecule has 260 valence electrons. The average molecular weight is 829 g/mol. The highest BCUT2D eigenvalue weighted by Gasteiger charge is 2.34. The van der Waals surface area contributed by atoms with Crippen molar-refractivity contribution in [1.82, 2.24) is 24.4 Å². The van der Waals surface area contributed by atoms with Crippen LogP contribution in [0.15, 0.2) is 42.7 Å². The number of fused-ring (bicyclic) bond motifs is 1. The van der Waals surface area contributed by atoms with Gasteiger partial charge in [0.05, 0.1) is 30.4 Å². The first kappa shape index (κ1) is 37.7. The minimum atomic E-state index is -5.27. The Kier molecular flexibility index (Phi) is 13.0. The molecule has 0 fully saturated rings. The van der Waals surface area contributed by atoms with E-state index in [0.717, 1.165) is 22.2 Å². The lowest BCUT2D eigenvalue weighted by molar-refractivity contribution is -0.276. The van der Waals surface area contributed by atoms with Crippen LogP contribution in [0.25, 0.3) is 22.2 Å². The van der Waals surface area contributed by atoms with Gasteiger partial charge in [-0.05, 0) is 103 Å². The number of nitrogens with zero attached hydrogens (tertiary/aromatic N) is 5. The first-order valence-electron chi connectivity index (χ1n) is 14.5. The van der Waals surface area contributed by atoms with Crippen LogP contribution in [0.5, 0.6) is 5.75 Å². The third-order valence-corrected chi connectivity index (χ3v) is 8.59. The fraction of sp³-hybridized carbons (Fsp3) is 0.400. The predicted octanol–water partition coefficient (Wildman–Crippen LogP) is 8.76. The van der Waals surface area contributed by atoms with Crippen LogP contribution >= 0.6 is 40.0 Å². The number of carbonyl (C=O) groups excluding carboxylic acids is 1. The van der Waals surface area contributed by atoms with E-state index in [1.54, 1.807) is 39.2 Å². The van der Waals surface area contributed by atoms with Crippen LogP contribution in [0, 0.1) is 11.6 Å². The van der Waals surface area contributed by atoms with E-state index in [1.165, 1.54) is 4.90 Å². The number of amides is 1. The molecule has 1 amide bonds. The van der Waals surface area contributed by atoms with Gasteiger partial charge in [-0.3, -0.25) is 0 Å². The van der Waals surface area contributed by atoms with E-state index in [0.29, 0.717) is 56.8 Å². The Labute approximate surface area is 293 Å². The largest absolute Gasteiger partial charge is 0.573 e. The van der Waals surface area contributed by atoms with E-state index in [4.69, 9.17) is 21.1 Å². The van der Waals surface area contributed by atoms with Crippen molar-refractivity contribution in [3.63, 3.8) is 0 Å². The highest BCUT2D eigenvalue weighted by Crippen LogP contribution is 2.35. The van der Waals surface area contributed by atoms with Gasteiger partial charge in [-0.1, -0.05) is 0 Å². The Morgan fingerprint density at radius 3 is 2.48 bits per heavy atom. The number of carbonyl (C=O) groups is 1. The van der Waals surface area contributed by atoms with Gasteiger partial charge in [0.1, 0.15) is 5.60 Å². The molecule has 2 aromatic carbocycles. The summed E-state index contributed by atoms with van der Waals surface area (Å²) in [7, 11) is 0. The van der Waals surface area contributed by atoms with Gasteiger partial charge in [-0.25, -0.2) is 28.0 Å². The summed E-state index contributed by atoms with van der Waals surface area (Å²) in [6, 6.07) is 7.12. The number of rotatable bonds is 14. The smallest absolute Gasteiger partial charge is 0.444 e. The molecule has 10 nitrogen and oxygen atoms in total. The van der Waals surface area contributed by atoms with Crippen LogP contribution in [0.2, 0.25) is 5.28 Å². The minimum Gasteiger partial charge on any atom is -0.444 e. The zero-order chi connectivity index (χ0) is 35.1. The number of alkyl halides is 3. The molecule has 0 aliphatic carbocycles. The molecule has 0 radical (unpaired) electrons. The second kappa shape index (κ2) is 16.5. The van der Waals surface area contributed by atoms with E-state index in [2.05, 4.69) is 47.2 Å². The van der Waals surface area contributed by atoms with Gasteiger partial charge in [-0.15, -0.1) is 13.2 Å². The van der Waals surface area contributed by atoms with Gasteiger partial charge in [0.2, 0.25) is 11.0 Å². The van der Waals surface area contributed by atoms with Crippen LogP contribution in [-0.2, 0) is 16.0 Å². The summed E-state index contributed by atoms with van der Waals surface area (Å²) in [5, 5.41) is 8.95. The topological polar surface area (TPSA) is 104 Å². The van der Waals surface area contributed by atoms with Crippen molar-refractivity contribution >= 4 is 62.7 Å². The number of hydrogen-bond acceptors (Lipinski definition) is 8. The third kappa shape index (κ3) is 11.0. The molecule has 1 unspecified atom stereocenters. The van der Waals surface area contributed by atoms with Gasteiger partial charge in [0.15, 0.2) is 11.6 Å². The molecular formula is C30H32ClF5IN6O4P. The molecular weight excluding hydrogens is 797 g/mol. The number of nitrogens with one attached hydrogen (secondary N) is 1. The lowest BCUT2D eigenvalue weighted by Gasteiger charge is -2.27. The van der Waals surface area contributed by atoms with E-state index < -0.39 is 35.4 Å². The number of anilines is 1. The van der Waals surface area contributed by atoms with Gasteiger partial charge in [-0.2, -0.15) is 5.10 Å². The Hall–Kier alpha value is -3.08. The quantitative estimate of drug-likeness (QED) is 0.0443. The summed E-state index contributed by atoms with van der Waals surface area (Å²) in [6.07, 6.45) is -1.24. The molecule has 4 aromatic rings. The summed E-state index contributed by atoms with van der Waals surface area (Å²) in [5.41, 5.74) is 2.37. The number of benzene rings is 2. The van der Waals surface area contributed by atoms with E-state index in [9.17, 15) is 26.7 Å². The molecule has 0 saturated heterocycles. The van der Waals surface area contributed by atoms with Crippen LogP contribution < -0.4 is 10.1 Å². The number of aromatic nitrogens is 4. The molecule has 0 saturated carbocycles. The van der Waals surface area contributed by atoms with Crippen LogP contribution in [0.3, 0.4) is 0 Å². The molecule has 2 heterocycles. The van der Waals surface area contributed by atoms with E-state index in [-0.39, 0.29) is 23.9 Å². The number of ether oxygens (including phenoxy) is 3. The standard InChI is InChI=1S/C30H32ClF5IN6O4P/c1-29(2,3)47-28(44)42(17-18-12-21(32)26(22(33)13-18)46-30(34,35)36)9-4-5-10-45-11-8-38-24-14-19(23-6-7-39-27(31)41-23)15-25-20(24)16-40-43(25)48-37/h6-7,12-16,38,48H,4-5,8-11,17H2,1-3H3. The molecule has 0 spiro atoms. The van der Waals surface area contributed by atoms with Gasteiger partial charge in [0.25, 0.3) is 0 Å². The summed E-state index contributed by atoms with van der Waals surface area (Å²) in [5.74, 6) is -4.65. The molecule has 4 rings (SSSR count). The fourth-order valence-corrected chi connectivity index (χ4v) is 6.23. The molecule has 0 aliphatic heterocycles. The summed E-state index contributed by atoms with van der Waals surface area (Å²) >= 11 is 8.27. The number of hydrogen-bond donors (Lipinski definition) is 1. The average Bonchev–Trinajstić information content (AvgIpc) is 3.41. The maximum atomic E-state index is 14.3. The lowest BCUT2D eigenvalue weighted by Crippen LogP contribution is -2.37. The number of halogens is 7. The first-order chi connectivity index (χ1) is 22.6. The molecule has 1 atom stereocenters. The Bertz CT molecular complexity index is 1700. The fourth-order valence-electron chi connectivity index (χ4n) is 4.55. The maximum Gasteiger partial charge on any atom is 0.573 e. The van der Waals surface area contributed by atoms with Crippen molar-refractivity contribution in [1.29, 1.82) is 0 Å². The predicted molar refractivity (Wildman–Crippen MR) is 182 cm³/mol. The molecule has 0 aliphatic rings. The monoisotopic (exact) mass is 828 g/mol. The Morgan fingerprint density at radius 1 is 1.10 bits per heavy atom. The summed E-state index contributed by atoms with van der Waals surface area (Å²) in [6.45, 7) is 6.04. The van der Waals surface area contributed by atoms with Crippen LogP contribution in [0.4, 0.5) is 32.4 Å². The van der Waals surface area contributed by atoms with E-state index in [1.807, 2.05) is 16.6 Å². The third-order valence-electron chi connectivity index (χ3n) is 6.52. The highest BCUT2D eigenvalue weighted by atomic mass is 127. The lowest BCUT2D eigenvalue weighted by atomic mass is 10.1. The van der Waals surface area contributed by atoms with Crippen LogP contribution in [0.1, 0.15) is 39.2 Å². The highest BCUT2D eigenvalue weighted by molar-refractivity contribution is 14.2. The van der Waals surface area contributed by atoms with Crippen molar-refractivity contribution in [2.24, 2.45) is 0 Å².